The molecule has 8 heteroatoms. The lowest BCUT2D eigenvalue weighted by atomic mass is 10.2. The van der Waals surface area contributed by atoms with Gasteiger partial charge in [0.05, 0.1) is 5.56 Å². The van der Waals surface area contributed by atoms with Gasteiger partial charge < -0.3 is 9.26 Å². The minimum absolute atomic E-state index is 0.0372. The molecule has 1 heterocycles. The molecule has 2 aromatic carbocycles. The second kappa shape index (κ2) is 6.76. The standard InChI is InChI=1S/C16H9ClF2N2O3/c17-11-3-1-2-9(4-11)15-20-14(24-21-15)8-23-16(22)10-5-12(18)7-13(19)6-10/h1-7H,8H2. The van der Waals surface area contributed by atoms with Crippen LogP contribution in [0.5, 0.6) is 0 Å². The van der Waals surface area contributed by atoms with Gasteiger partial charge in [0.25, 0.3) is 5.89 Å². The summed E-state index contributed by atoms with van der Waals surface area (Å²) in [4.78, 5) is 15.8. The molecular weight excluding hydrogens is 342 g/mol. The molecule has 24 heavy (non-hydrogen) atoms. The summed E-state index contributed by atoms with van der Waals surface area (Å²) in [5, 5.41) is 4.26. The smallest absolute Gasteiger partial charge is 0.338 e. The number of benzene rings is 2. The lowest BCUT2D eigenvalue weighted by Crippen LogP contribution is -2.06. The van der Waals surface area contributed by atoms with Gasteiger partial charge >= 0.3 is 5.97 Å². The normalized spacial score (nSPS) is 10.6. The Morgan fingerprint density at radius 2 is 1.92 bits per heavy atom. The van der Waals surface area contributed by atoms with E-state index in [1.165, 1.54) is 0 Å². The first kappa shape index (κ1) is 16.1. The highest BCUT2D eigenvalue weighted by Crippen LogP contribution is 2.20. The van der Waals surface area contributed by atoms with E-state index in [0.717, 1.165) is 12.1 Å². The second-order valence-corrected chi connectivity index (χ2v) is 5.19. The number of nitrogens with zero attached hydrogens (tertiary/aromatic N) is 2. The minimum Gasteiger partial charge on any atom is -0.452 e. The molecule has 0 unspecified atom stereocenters. The summed E-state index contributed by atoms with van der Waals surface area (Å²) in [6, 6.07) is 9.22. The summed E-state index contributed by atoms with van der Waals surface area (Å²) in [5.74, 6) is -2.34. The average Bonchev–Trinajstić information content (AvgIpc) is 3.00. The van der Waals surface area contributed by atoms with Crippen molar-refractivity contribution in [2.24, 2.45) is 0 Å². The van der Waals surface area contributed by atoms with Crippen molar-refractivity contribution in [3.05, 3.63) is 70.6 Å². The van der Waals surface area contributed by atoms with Crippen molar-refractivity contribution in [2.45, 2.75) is 6.61 Å². The van der Waals surface area contributed by atoms with Crippen molar-refractivity contribution in [3.8, 4) is 11.4 Å². The Kier molecular flexibility index (Phi) is 4.52. The number of hydrogen-bond donors (Lipinski definition) is 0. The van der Waals surface area contributed by atoms with Gasteiger partial charge in [0.2, 0.25) is 5.82 Å². The zero-order valence-corrected chi connectivity index (χ0v) is 12.8. The number of hydrogen-bond acceptors (Lipinski definition) is 5. The lowest BCUT2D eigenvalue weighted by Gasteiger charge is -2.02. The predicted octanol–water partition coefficient (Wildman–Crippen LogP) is 4.03. The third-order valence-corrected chi connectivity index (χ3v) is 3.21. The molecule has 3 rings (SSSR count). The molecule has 0 fully saturated rings. The van der Waals surface area contributed by atoms with Gasteiger partial charge in [-0.15, -0.1) is 0 Å². The lowest BCUT2D eigenvalue weighted by molar-refractivity contribution is 0.0428. The SMILES string of the molecule is O=C(OCc1nc(-c2cccc(Cl)c2)no1)c1cc(F)cc(F)c1. The molecule has 0 atom stereocenters. The van der Waals surface area contributed by atoms with Crippen molar-refractivity contribution >= 4 is 17.6 Å². The predicted molar refractivity (Wildman–Crippen MR) is 80.2 cm³/mol. The first-order valence-corrected chi connectivity index (χ1v) is 7.11. The number of carbonyl (C=O) groups is 1. The fraction of sp³-hybridized carbons (Fsp3) is 0.0625. The van der Waals surface area contributed by atoms with E-state index in [0.29, 0.717) is 16.7 Å². The molecule has 0 amide bonds. The van der Waals surface area contributed by atoms with Crippen LogP contribution in [0, 0.1) is 11.6 Å². The summed E-state index contributed by atoms with van der Waals surface area (Å²) >= 11 is 5.88. The molecule has 0 saturated carbocycles. The monoisotopic (exact) mass is 350 g/mol. The van der Waals surface area contributed by atoms with Crippen molar-refractivity contribution in [3.63, 3.8) is 0 Å². The summed E-state index contributed by atoms with van der Waals surface area (Å²) in [6.45, 7) is -0.329. The molecule has 0 aliphatic heterocycles. The molecule has 0 N–H and O–H groups in total. The average molecular weight is 351 g/mol. The van der Waals surface area contributed by atoms with Gasteiger partial charge in [0.1, 0.15) is 11.6 Å². The maximum Gasteiger partial charge on any atom is 0.338 e. The molecular formula is C16H9ClF2N2O3. The third-order valence-electron chi connectivity index (χ3n) is 2.98. The van der Waals surface area contributed by atoms with E-state index in [1.54, 1.807) is 24.3 Å². The first-order valence-electron chi connectivity index (χ1n) is 6.73. The van der Waals surface area contributed by atoms with Gasteiger partial charge in [0, 0.05) is 16.7 Å². The van der Waals surface area contributed by atoms with Gasteiger partial charge in [-0.05, 0) is 24.3 Å². The molecule has 0 aliphatic rings. The number of aromatic nitrogens is 2. The fourth-order valence-corrected chi connectivity index (χ4v) is 2.13. The van der Waals surface area contributed by atoms with Crippen molar-refractivity contribution in [1.82, 2.24) is 10.1 Å². The molecule has 0 aliphatic carbocycles. The number of ether oxygens (including phenoxy) is 1. The van der Waals surface area contributed by atoms with E-state index >= 15 is 0 Å². The second-order valence-electron chi connectivity index (χ2n) is 4.76. The summed E-state index contributed by atoms with van der Waals surface area (Å²) in [7, 11) is 0. The van der Waals surface area contributed by atoms with Gasteiger partial charge in [-0.1, -0.05) is 28.9 Å². The van der Waals surface area contributed by atoms with Crippen LogP contribution in [0.3, 0.4) is 0 Å². The quantitative estimate of drug-likeness (QED) is 0.665. The summed E-state index contributed by atoms with van der Waals surface area (Å²) in [5.41, 5.74) is 0.387. The maximum atomic E-state index is 13.1. The van der Waals surface area contributed by atoms with E-state index in [4.69, 9.17) is 20.9 Å². The Morgan fingerprint density at radius 3 is 2.62 bits per heavy atom. The molecule has 0 radical (unpaired) electrons. The highest BCUT2D eigenvalue weighted by molar-refractivity contribution is 6.30. The van der Waals surface area contributed by atoms with Crippen LogP contribution in [0.2, 0.25) is 5.02 Å². The Morgan fingerprint density at radius 1 is 1.17 bits per heavy atom. The van der Waals surface area contributed by atoms with Crippen LogP contribution in [0.4, 0.5) is 8.78 Å². The van der Waals surface area contributed by atoms with Crippen molar-refractivity contribution < 1.29 is 22.8 Å². The number of rotatable bonds is 4. The summed E-state index contributed by atoms with van der Waals surface area (Å²) in [6.07, 6.45) is 0. The van der Waals surface area contributed by atoms with Gasteiger partial charge in [-0.3, -0.25) is 0 Å². The van der Waals surface area contributed by atoms with Crippen LogP contribution in [-0.4, -0.2) is 16.1 Å². The molecule has 0 spiro atoms. The topological polar surface area (TPSA) is 65.2 Å². The number of halogens is 3. The van der Waals surface area contributed by atoms with Crippen molar-refractivity contribution in [2.75, 3.05) is 0 Å². The van der Waals surface area contributed by atoms with Crippen LogP contribution in [0.25, 0.3) is 11.4 Å². The highest BCUT2D eigenvalue weighted by Gasteiger charge is 2.14. The van der Waals surface area contributed by atoms with Crippen LogP contribution in [0.15, 0.2) is 47.0 Å². The van der Waals surface area contributed by atoms with Gasteiger partial charge in [-0.2, -0.15) is 4.98 Å². The Labute approximate surface area is 139 Å². The Balaban J connectivity index is 1.68. The summed E-state index contributed by atoms with van der Waals surface area (Å²) < 4.78 is 36.0. The van der Waals surface area contributed by atoms with Crippen molar-refractivity contribution in [1.29, 1.82) is 0 Å². The molecule has 5 nitrogen and oxygen atoms in total. The van der Waals surface area contributed by atoms with Crippen LogP contribution in [-0.2, 0) is 11.3 Å². The van der Waals surface area contributed by atoms with E-state index in [1.807, 2.05) is 0 Å². The van der Waals surface area contributed by atoms with Crippen LogP contribution < -0.4 is 0 Å². The Hall–Kier alpha value is -2.80. The van der Waals surface area contributed by atoms with Gasteiger partial charge in [0.15, 0.2) is 6.61 Å². The third kappa shape index (κ3) is 3.75. The highest BCUT2D eigenvalue weighted by atomic mass is 35.5. The molecule has 1 aromatic heterocycles. The molecule has 122 valence electrons. The minimum atomic E-state index is -0.907. The number of esters is 1. The Bertz CT molecular complexity index is 878. The van der Waals surface area contributed by atoms with E-state index < -0.39 is 17.6 Å². The van der Waals surface area contributed by atoms with Crippen LogP contribution >= 0.6 is 11.6 Å². The van der Waals surface area contributed by atoms with E-state index in [-0.39, 0.29) is 23.9 Å². The zero-order valence-electron chi connectivity index (χ0n) is 12.0. The van der Waals surface area contributed by atoms with Gasteiger partial charge in [-0.25, -0.2) is 13.6 Å². The maximum absolute atomic E-state index is 13.1. The fourth-order valence-electron chi connectivity index (χ4n) is 1.94. The van der Waals surface area contributed by atoms with Crippen LogP contribution in [0.1, 0.15) is 16.2 Å². The van der Waals surface area contributed by atoms with E-state index in [9.17, 15) is 13.6 Å². The molecule has 3 aromatic rings. The van der Waals surface area contributed by atoms with E-state index in [2.05, 4.69) is 10.1 Å². The number of carbonyl (C=O) groups excluding carboxylic acids is 1. The zero-order chi connectivity index (χ0) is 17.1. The first-order chi connectivity index (χ1) is 11.5. The molecule has 0 bridgehead atoms. The molecule has 0 saturated heterocycles. The largest absolute Gasteiger partial charge is 0.452 e.